The van der Waals surface area contributed by atoms with E-state index >= 15 is 0 Å². The Bertz CT molecular complexity index is 580. The quantitative estimate of drug-likeness (QED) is 0.865. The van der Waals surface area contributed by atoms with Crippen molar-refractivity contribution in [2.45, 2.75) is 37.6 Å². The molecule has 1 saturated carbocycles. The number of nitrogens with zero attached hydrogens (tertiary/aromatic N) is 2. The highest BCUT2D eigenvalue weighted by Crippen LogP contribution is 2.48. The van der Waals surface area contributed by atoms with Crippen LogP contribution in [0.15, 0.2) is 24.3 Å². The van der Waals surface area contributed by atoms with E-state index < -0.39 is 5.41 Å². The van der Waals surface area contributed by atoms with Gasteiger partial charge < -0.3 is 10.2 Å². The Labute approximate surface area is 144 Å². The Morgan fingerprint density at radius 1 is 1.29 bits per heavy atom. The van der Waals surface area contributed by atoms with Crippen LogP contribution in [0.5, 0.6) is 0 Å². The van der Waals surface area contributed by atoms with Gasteiger partial charge in [0.05, 0.1) is 5.41 Å². The smallest absolute Gasteiger partial charge is 0.230 e. The Morgan fingerprint density at radius 3 is 2.58 bits per heavy atom. The van der Waals surface area contributed by atoms with Gasteiger partial charge in [-0.15, -0.1) is 0 Å². The van der Waals surface area contributed by atoms with Crippen LogP contribution in [-0.2, 0) is 10.2 Å². The van der Waals surface area contributed by atoms with Gasteiger partial charge in [-0.2, -0.15) is 0 Å². The summed E-state index contributed by atoms with van der Waals surface area (Å²) in [6, 6.07) is 6.66. The maximum atomic E-state index is 13.5. The lowest BCUT2D eigenvalue weighted by molar-refractivity contribution is -0.124. The first-order chi connectivity index (χ1) is 11.5. The number of hydrogen-bond acceptors (Lipinski definition) is 3. The van der Waals surface area contributed by atoms with Crippen molar-refractivity contribution in [3.05, 3.63) is 35.6 Å². The van der Waals surface area contributed by atoms with Crippen molar-refractivity contribution in [2.75, 3.05) is 39.8 Å². The Hall–Kier alpha value is -1.46. The van der Waals surface area contributed by atoms with Crippen molar-refractivity contribution >= 4 is 5.91 Å². The number of carbonyl (C=O) groups is 1. The van der Waals surface area contributed by atoms with Crippen LogP contribution in [-0.4, -0.2) is 61.5 Å². The second-order valence-corrected chi connectivity index (χ2v) is 7.27. The summed E-state index contributed by atoms with van der Waals surface area (Å²) in [7, 11) is 2.15. The van der Waals surface area contributed by atoms with E-state index in [1.165, 1.54) is 12.1 Å². The topological polar surface area (TPSA) is 35.6 Å². The highest BCUT2D eigenvalue weighted by molar-refractivity contribution is 5.91. The lowest BCUT2D eigenvalue weighted by Crippen LogP contribution is -2.51. The zero-order valence-electron chi connectivity index (χ0n) is 14.7. The summed E-state index contributed by atoms with van der Waals surface area (Å²) < 4.78 is 13.5. The van der Waals surface area contributed by atoms with E-state index in [1.54, 1.807) is 6.07 Å². The monoisotopic (exact) mass is 333 g/mol. The summed E-state index contributed by atoms with van der Waals surface area (Å²) in [4.78, 5) is 17.6. The molecule has 1 aromatic rings. The van der Waals surface area contributed by atoms with Crippen molar-refractivity contribution in [1.29, 1.82) is 0 Å². The molecule has 1 saturated heterocycles. The third-order valence-corrected chi connectivity index (χ3v) is 5.46. The summed E-state index contributed by atoms with van der Waals surface area (Å²) in [6.07, 6.45) is 2.54. The van der Waals surface area contributed by atoms with Gasteiger partial charge in [-0.3, -0.25) is 9.69 Å². The minimum Gasteiger partial charge on any atom is -0.351 e. The molecule has 3 rings (SSSR count). The SMILES string of the molecule is CCC(CN1CCN(C)CC1)NC(=O)C1(c2cccc(F)c2)CC1. The number of likely N-dealkylation sites (N-methyl/N-ethyl adjacent to an activating group) is 1. The number of halogens is 1. The first kappa shape index (κ1) is 17.4. The molecule has 5 heteroatoms. The molecule has 1 N–H and O–H groups in total. The second kappa shape index (κ2) is 7.19. The molecular weight excluding hydrogens is 305 g/mol. The van der Waals surface area contributed by atoms with Crippen LogP contribution in [0.3, 0.4) is 0 Å². The molecule has 1 heterocycles. The van der Waals surface area contributed by atoms with Gasteiger partial charge in [0, 0.05) is 38.8 Å². The predicted octanol–water partition coefficient (Wildman–Crippen LogP) is 2.00. The van der Waals surface area contributed by atoms with Gasteiger partial charge in [0.1, 0.15) is 5.82 Å². The van der Waals surface area contributed by atoms with E-state index in [0.717, 1.165) is 57.5 Å². The van der Waals surface area contributed by atoms with E-state index in [1.807, 2.05) is 6.07 Å². The van der Waals surface area contributed by atoms with Crippen LogP contribution in [0.4, 0.5) is 4.39 Å². The van der Waals surface area contributed by atoms with Crippen LogP contribution in [0, 0.1) is 5.82 Å². The van der Waals surface area contributed by atoms with E-state index in [4.69, 9.17) is 0 Å². The maximum absolute atomic E-state index is 13.5. The molecule has 1 aliphatic heterocycles. The van der Waals surface area contributed by atoms with Crippen molar-refractivity contribution < 1.29 is 9.18 Å². The first-order valence-corrected chi connectivity index (χ1v) is 9.01. The molecule has 132 valence electrons. The highest BCUT2D eigenvalue weighted by atomic mass is 19.1. The minimum atomic E-state index is -0.502. The predicted molar refractivity (Wildman–Crippen MR) is 93.5 cm³/mol. The summed E-state index contributed by atoms with van der Waals surface area (Å²) in [6.45, 7) is 7.28. The van der Waals surface area contributed by atoms with E-state index in [2.05, 4.69) is 29.1 Å². The Morgan fingerprint density at radius 2 is 2.00 bits per heavy atom. The normalized spacial score (nSPS) is 22.1. The van der Waals surface area contributed by atoms with Crippen molar-refractivity contribution in [3.63, 3.8) is 0 Å². The summed E-state index contributed by atoms with van der Waals surface area (Å²) in [5, 5.41) is 3.23. The van der Waals surface area contributed by atoms with Crippen LogP contribution in [0.25, 0.3) is 0 Å². The van der Waals surface area contributed by atoms with Gasteiger partial charge in [-0.05, 0) is 44.0 Å². The summed E-state index contributed by atoms with van der Waals surface area (Å²) in [5.74, 6) is -0.204. The molecule has 2 fully saturated rings. The zero-order chi connectivity index (χ0) is 17.2. The van der Waals surface area contributed by atoms with Crippen molar-refractivity contribution in [3.8, 4) is 0 Å². The fourth-order valence-electron chi connectivity index (χ4n) is 3.50. The van der Waals surface area contributed by atoms with Gasteiger partial charge in [-0.25, -0.2) is 4.39 Å². The van der Waals surface area contributed by atoms with Gasteiger partial charge in [0.15, 0.2) is 0 Å². The average Bonchev–Trinajstić information content (AvgIpc) is 3.38. The number of hydrogen-bond donors (Lipinski definition) is 1. The lowest BCUT2D eigenvalue weighted by atomic mass is 9.94. The number of benzene rings is 1. The standard InChI is InChI=1S/C19H28FN3O/c1-3-17(14-23-11-9-22(2)10-12-23)21-18(24)19(7-8-19)15-5-4-6-16(20)13-15/h4-6,13,17H,3,7-12,14H2,1-2H3,(H,21,24). The van der Waals surface area contributed by atoms with Gasteiger partial charge >= 0.3 is 0 Å². The number of piperazine rings is 1. The lowest BCUT2D eigenvalue weighted by Gasteiger charge is -2.35. The van der Waals surface area contributed by atoms with E-state index in [-0.39, 0.29) is 17.8 Å². The highest BCUT2D eigenvalue weighted by Gasteiger charge is 2.51. The Kier molecular flexibility index (Phi) is 5.21. The van der Waals surface area contributed by atoms with Crippen LogP contribution >= 0.6 is 0 Å². The summed E-state index contributed by atoms with van der Waals surface area (Å²) in [5.41, 5.74) is 0.312. The fraction of sp³-hybridized carbons (Fsp3) is 0.632. The number of nitrogens with one attached hydrogen (secondary N) is 1. The molecule has 1 atom stereocenters. The van der Waals surface area contributed by atoms with Crippen LogP contribution < -0.4 is 5.32 Å². The molecule has 1 aliphatic carbocycles. The molecule has 1 amide bonds. The molecule has 0 spiro atoms. The molecule has 0 aromatic heterocycles. The molecule has 1 unspecified atom stereocenters. The number of rotatable bonds is 6. The zero-order valence-corrected chi connectivity index (χ0v) is 14.7. The second-order valence-electron chi connectivity index (χ2n) is 7.27. The van der Waals surface area contributed by atoms with Gasteiger partial charge in [-0.1, -0.05) is 19.1 Å². The van der Waals surface area contributed by atoms with Crippen LogP contribution in [0.1, 0.15) is 31.7 Å². The molecule has 24 heavy (non-hydrogen) atoms. The van der Waals surface area contributed by atoms with Crippen molar-refractivity contribution in [2.24, 2.45) is 0 Å². The number of carbonyl (C=O) groups excluding carboxylic acids is 1. The van der Waals surface area contributed by atoms with E-state index in [0.29, 0.717) is 0 Å². The van der Waals surface area contributed by atoms with Crippen molar-refractivity contribution in [1.82, 2.24) is 15.1 Å². The van der Waals surface area contributed by atoms with Crippen LogP contribution in [0.2, 0.25) is 0 Å². The third kappa shape index (κ3) is 3.78. The summed E-state index contributed by atoms with van der Waals surface area (Å²) >= 11 is 0. The number of amides is 1. The molecule has 0 bridgehead atoms. The molecule has 0 radical (unpaired) electrons. The molecule has 4 nitrogen and oxygen atoms in total. The Balaban J connectivity index is 1.60. The fourth-order valence-corrected chi connectivity index (χ4v) is 3.50. The largest absolute Gasteiger partial charge is 0.351 e. The molecule has 2 aliphatic rings. The van der Waals surface area contributed by atoms with Gasteiger partial charge in [0.25, 0.3) is 0 Å². The average molecular weight is 333 g/mol. The molecular formula is C19H28FN3O. The maximum Gasteiger partial charge on any atom is 0.230 e. The van der Waals surface area contributed by atoms with Gasteiger partial charge in [0.2, 0.25) is 5.91 Å². The first-order valence-electron chi connectivity index (χ1n) is 9.01. The molecule has 1 aromatic carbocycles. The van der Waals surface area contributed by atoms with E-state index in [9.17, 15) is 9.18 Å². The minimum absolute atomic E-state index is 0.0640. The third-order valence-electron chi connectivity index (χ3n) is 5.46.